The summed E-state index contributed by atoms with van der Waals surface area (Å²) in [6.07, 6.45) is 1.43. The lowest BCUT2D eigenvalue weighted by atomic mass is 11.0. The van der Waals surface area contributed by atoms with Crippen LogP contribution in [0, 0.1) is 0 Å². The van der Waals surface area contributed by atoms with Crippen LogP contribution in [0.3, 0.4) is 0 Å². The Morgan fingerprint density at radius 2 is 2.60 bits per heavy atom. The van der Waals surface area contributed by atoms with E-state index in [9.17, 15) is 0 Å². The number of hydrogen-bond donors (Lipinski definition) is 2. The molecule has 0 aromatic rings. The summed E-state index contributed by atoms with van der Waals surface area (Å²) in [5.41, 5.74) is 0. The highest BCUT2D eigenvalue weighted by atomic mass is 16.3. The molecule has 2 nitrogen and oxygen atoms in total. The van der Waals surface area contributed by atoms with Gasteiger partial charge in [-0.1, -0.05) is 6.58 Å². The van der Waals surface area contributed by atoms with Crippen LogP contribution in [0.25, 0.3) is 0 Å². The molecule has 5 heavy (non-hydrogen) atoms. The molecule has 0 aliphatic rings. The first-order chi connectivity index (χ1) is 2.41. The van der Waals surface area contributed by atoms with Crippen molar-refractivity contribution in [2.75, 3.05) is 6.73 Å². The first kappa shape index (κ1) is 4.50. The van der Waals surface area contributed by atoms with Gasteiger partial charge in [0, 0.05) is 0 Å². The summed E-state index contributed by atoms with van der Waals surface area (Å²) in [4.78, 5) is 0. The minimum Gasteiger partial charge on any atom is -0.377 e. The van der Waals surface area contributed by atoms with Gasteiger partial charge in [0.15, 0.2) is 0 Å². The van der Waals surface area contributed by atoms with Gasteiger partial charge in [0.25, 0.3) is 0 Å². The maximum Gasteiger partial charge on any atom is 0.112 e. The molecule has 0 fully saturated rings. The Kier molecular flexibility index (Phi) is 3.15. The number of nitrogens with one attached hydrogen (secondary N) is 1. The highest BCUT2D eigenvalue weighted by Crippen LogP contribution is 1.42. The number of aliphatic hydroxyl groups excluding tert-OH is 1. The molecule has 0 radical (unpaired) electrons. The Morgan fingerprint density at radius 3 is 2.60 bits per heavy atom. The van der Waals surface area contributed by atoms with Gasteiger partial charge in [0.1, 0.15) is 6.73 Å². The van der Waals surface area contributed by atoms with E-state index >= 15 is 0 Å². The van der Waals surface area contributed by atoms with E-state index in [1.807, 2.05) is 0 Å². The van der Waals surface area contributed by atoms with Crippen LogP contribution in [-0.2, 0) is 0 Å². The molecule has 0 aromatic carbocycles. The third kappa shape index (κ3) is 3.50. The first-order valence-electron chi connectivity index (χ1n) is 1.37. The van der Waals surface area contributed by atoms with E-state index in [2.05, 4.69) is 11.9 Å². The Balaban J connectivity index is 2.40. The Morgan fingerprint density at radius 1 is 2.00 bits per heavy atom. The van der Waals surface area contributed by atoms with Crippen molar-refractivity contribution in [3.63, 3.8) is 0 Å². The standard InChI is InChI=1S/C3H7NO/c1-2-4-3-5/h2,4-5H,1,3H2. The van der Waals surface area contributed by atoms with Crippen molar-refractivity contribution in [2.24, 2.45) is 0 Å². The van der Waals surface area contributed by atoms with Crippen LogP contribution in [0.2, 0.25) is 0 Å². The SMILES string of the molecule is C=CNCO. The van der Waals surface area contributed by atoms with Gasteiger partial charge in [-0.2, -0.15) is 0 Å². The van der Waals surface area contributed by atoms with Gasteiger partial charge in [-0.25, -0.2) is 0 Å². The average Bonchev–Trinajstić information content (AvgIpc) is 1.41. The highest BCUT2D eigenvalue weighted by Gasteiger charge is 1.54. The van der Waals surface area contributed by atoms with Crippen molar-refractivity contribution < 1.29 is 5.11 Å². The van der Waals surface area contributed by atoms with Gasteiger partial charge in [-0.3, -0.25) is 0 Å². The third-order valence-electron chi connectivity index (χ3n) is 0.236. The Hall–Kier alpha value is -0.500. The maximum absolute atomic E-state index is 7.88. The predicted molar refractivity (Wildman–Crippen MR) is 20.4 cm³/mol. The molecular formula is C3H7NO. The predicted octanol–water partition coefficient (Wildman–Crippen LogP) is -0.331. The molecule has 2 heteroatoms. The average molecular weight is 73.1 g/mol. The number of rotatable bonds is 2. The van der Waals surface area contributed by atoms with Gasteiger partial charge in [-0.15, -0.1) is 0 Å². The molecule has 0 bridgehead atoms. The zero-order valence-electron chi connectivity index (χ0n) is 2.94. The lowest BCUT2D eigenvalue weighted by Crippen LogP contribution is -2.02. The van der Waals surface area contributed by atoms with Gasteiger partial charge in [-0.05, 0) is 6.20 Å². The molecule has 0 saturated heterocycles. The van der Waals surface area contributed by atoms with Crippen molar-refractivity contribution in [2.45, 2.75) is 0 Å². The second kappa shape index (κ2) is 3.50. The minimum atomic E-state index is -0.0243. The highest BCUT2D eigenvalue weighted by molar-refractivity contribution is 4.56. The van der Waals surface area contributed by atoms with Crippen LogP contribution in [0.5, 0.6) is 0 Å². The molecule has 0 aliphatic heterocycles. The number of hydrogen-bond acceptors (Lipinski definition) is 2. The van der Waals surface area contributed by atoms with Crippen LogP contribution in [-0.4, -0.2) is 11.8 Å². The largest absolute Gasteiger partial charge is 0.377 e. The number of aliphatic hydroxyl groups is 1. The quantitative estimate of drug-likeness (QED) is 0.439. The van der Waals surface area contributed by atoms with E-state index < -0.39 is 0 Å². The van der Waals surface area contributed by atoms with E-state index in [0.29, 0.717) is 0 Å². The van der Waals surface area contributed by atoms with Crippen molar-refractivity contribution in [3.8, 4) is 0 Å². The molecule has 0 saturated carbocycles. The summed E-state index contributed by atoms with van der Waals surface area (Å²) >= 11 is 0. The monoisotopic (exact) mass is 73.1 g/mol. The van der Waals surface area contributed by atoms with Crippen LogP contribution in [0.15, 0.2) is 12.8 Å². The normalized spacial score (nSPS) is 6.60. The Labute approximate surface area is 31.1 Å². The van der Waals surface area contributed by atoms with Gasteiger partial charge >= 0.3 is 0 Å². The molecule has 0 spiro atoms. The zero-order valence-corrected chi connectivity index (χ0v) is 2.94. The van der Waals surface area contributed by atoms with Gasteiger partial charge < -0.3 is 10.4 Å². The molecule has 0 amide bonds. The van der Waals surface area contributed by atoms with E-state index in [1.165, 1.54) is 6.20 Å². The van der Waals surface area contributed by atoms with E-state index in [-0.39, 0.29) is 6.73 Å². The molecule has 30 valence electrons. The van der Waals surface area contributed by atoms with E-state index in [0.717, 1.165) is 0 Å². The fraction of sp³-hybridized carbons (Fsp3) is 0.333. The molecule has 0 unspecified atom stereocenters. The zero-order chi connectivity index (χ0) is 4.12. The van der Waals surface area contributed by atoms with Crippen molar-refractivity contribution in [1.29, 1.82) is 0 Å². The van der Waals surface area contributed by atoms with Gasteiger partial charge in [0.05, 0.1) is 0 Å². The molecule has 0 aromatic heterocycles. The fourth-order valence-corrected chi connectivity index (χ4v) is 0.0645. The minimum absolute atomic E-state index is 0.0243. The summed E-state index contributed by atoms with van der Waals surface area (Å²) in [5, 5.41) is 10.3. The van der Waals surface area contributed by atoms with Crippen LogP contribution in [0.4, 0.5) is 0 Å². The summed E-state index contributed by atoms with van der Waals surface area (Å²) in [6.45, 7) is 3.26. The van der Waals surface area contributed by atoms with Crippen LogP contribution >= 0.6 is 0 Å². The summed E-state index contributed by atoms with van der Waals surface area (Å²) < 4.78 is 0. The molecule has 0 rings (SSSR count). The van der Waals surface area contributed by atoms with Gasteiger partial charge in [0.2, 0.25) is 0 Å². The first-order valence-corrected chi connectivity index (χ1v) is 1.37. The lowest BCUT2D eigenvalue weighted by molar-refractivity contribution is 0.280. The van der Waals surface area contributed by atoms with Crippen molar-refractivity contribution >= 4 is 0 Å². The smallest absolute Gasteiger partial charge is 0.112 e. The molecule has 0 heterocycles. The van der Waals surface area contributed by atoms with E-state index in [4.69, 9.17) is 5.11 Å². The van der Waals surface area contributed by atoms with Crippen molar-refractivity contribution in [1.82, 2.24) is 5.32 Å². The second-order valence-electron chi connectivity index (χ2n) is 0.566. The topological polar surface area (TPSA) is 32.3 Å². The summed E-state index contributed by atoms with van der Waals surface area (Å²) in [7, 11) is 0. The molecular weight excluding hydrogens is 66.0 g/mol. The molecule has 0 atom stereocenters. The second-order valence-corrected chi connectivity index (χ2v) is 0.566. The summed E-state index contributed by atoms with van der Waals surface area (Å²) in [5.74, 6) is 0. The maximum atomic E-state index is 7.88. The fourth-order valence-electron chi connectivity index (χ4n) is 0.0645. The van der Waals surface area contributed by atoms with Crippen molar-refractivity contribution in [3.05, 3.63) is 12.8 Å². The lowest BCUT2D eigenvalue weighted by Gasteiger charge is -1.82. The Bertz CT molecular complexity index is 28.1. The molecule has 0 aliphatic carbocycles. The summed E-state index contributed by atoms with van der Waals surface area (Å²) in [6, 6.07) is 0. The van der Waals surface area contributed by atoms with Crippen LogP contribution < -0.4 is 5.32 Å². The van der Waals surface area contributed by atoms with Crippen LogP contribution in [0.1, 0.15) is 0 Å². The third-order valence-corrected chi connectivity index (χ3v) is 0.236. The van der Waals surface area contributed by atoms with E-state index in [1.54, 1.807) is 0 Å². The molecule has 2 N–H and O–H groups in total.